The van der Waals surface area contributed by atoms with Crippen molar-refractivity contribution in [3.63, 3.8) is 0 Å². The molecule has 53 heavy (non-hydrogen) atoms. The van der Waals surface area contributed by atoms with Gasteiger partial charge in [-0.25, -0.2) is 9.59 Å². The van der Waals surface area contributed by atoms with E-state index in [0.717, 1.165) is 25.7 Å². The number of nitrogens with zero attached hydrogens (tertiary/aromatic N) is 2. The Hall–Kier alpha value is -2.80. The van der Waals surface area contributed by atoms with Crippen LogP contribution < -0.4 is 10.6 Å². The van der Waals surface area contributed by atoms with Gasteiger partial charge in [0.25, 0.3) is 11.8 Å². The van der Waals surface area contributed by atoms with Crippen LogP contribution in [0.3, 0.4) is 0 Å². The van der Waals surface area contributed by atoms with Crippen molar-refractivity contribution in [2.75, 3.05) is 13.1 Å². The van der Waals surface area contributed by atoms with Crippen molar-refractivity contribution >= 4 is 23.8 Å². The molecule has 0 radical (unpaired) electrons. The van der Waals surface area contributed by atoms with Crippen LogP contribution in [0.1, 0.15) is 140 Å². The lowest BCUT2D eigenvalue weighted by Crippen LogP contribution is -2.70. The first-order valence-electron chi connectivity index (χ1n) is 20.0. The van der Waals surface area contributed by atoms with Crippen molar-refractivity contribution in [2.45, 2.75) is 186 Å². The molecule has 3 heterocycles. The molecule has 3 aliphatic heterocycles. The monoisotopic (exact) mass is 747 g/mol. The lowest BCUT2D eigenvalue weighted by molar-refractivity contribution is -0.335. The molecule has 12 heteroatoms. The summed E-state index contributed by atoms with van der Waals surface area (Å²) in [6.07, 6.45) is 7.82. The van der Waals surface area contributed by atoms with E-state index < -0.39 is 58.5 Å². The molecular weight excluding hydrogens is 676 g/mol. The molecule has 3 rings (SSSR count). The highest BCUT2D eigenvalue weighted by Crippen LogP contribution is 2.51. The van der Waals surface area contributed by atoms with Crippen LogP contribution in [0.25, 0.3) is 0 Å². The second-order valence-electron chi connectivity index (χ2n) is 16.7. The number of ether oxygens (including phenoxy) is 2. The summed E-state index contributed by atoms with van der Waals surface area (Å²) in [4.78, 5) is 65.5. The molecule has 10 atom stereocenters. The summed E-state index contributed by atoms with van der Waals surface area (Å²) in [5, 5.41) is 10.2. The molecule has 2 amide bonds. The minimum Gasteiger partial charge on any atom is -0.459 e. The Kier molecular flexibility index (Phi) is 15.7. The number of hydrogen-bond acceptors (Lipinski definition) is 10. The van der Waals surface area contributed by atoms with Crippen molar-refractivity contribution in [3.8, 4) is 0 Å². The summed E-state index contributed by atoms with van der Waals surface area (Å²) < 4.78 is 12.0. The van der Waals surface area contributed by atoms with E-state index in [1.165, 1.54) is 12.2 Å². The summed E-state index contributed by atoms with van der Waals surface area (Å²) >= 11 is 0. The number of esters is 2. The first-order valence-corrected chi connectivity index (χ1v) is 20.0. The smallest absolute Gasteiger partial charge is 0.330 e. The van der Waals surface area contributed by atoms with E-state index in [9.17, 15) is 19.2 Å². The number of rotatable bonds is 6. The van der Waals surface area contributed by atoms with Crippen LogP contribution in [0.4, 0.5) is 0 Å². The van der Waals surface area contributed by atoms with Gasteiger partial charge in [0.05, 0.1) is 5.54 Å². The highest BCUT2D eigenvalue weighted by atomic mass is 16.7. The van der Waals surface area contributed by atoms with Crippen LogP contribution >= 0.6 is 0 Å². The molecule has 0 aromatic rings. The predicted octanol–water partition coefficient (Wildman–Crippen LogP) is 6.34. The van der Waals surface area contributed by atoms with Crippen LogP contribution in [-0.2, 0) is 38.3 Å². The quantitative estimate of drug-likeness (QED) is 0.234. The van der Waals surface area contributed by atoms with Gasteiger partial charge < -0.3 is 20.1 Å². The lowest BCUT2D eigenvalue weighted by Gasteiger charge is -2.60. The van der Waals surface area contributed by atoms with Crippen LogP contribution in [-0.4, -0.2) is 93.5 Å². The Morgan fingerprint density at radius 2 is 1.23 bits per heavy atom. The third-order valence-electron chi connectivity index (χ3n) is 13.0. The van der Waals surface area contributed by atoms with Gasteiger partial charge in [0.2, 0.25) is 0 Å². The maximum atomic E-state index is 13.4. The van der Waals surface area contributed by atoms with E-state index in [1.807, 2.05) is 10.1 Å². The van der Waals surface area contributed by atoms with E-state index in [2.05, 4.69) is 79.2 Å². The van der Waals surface area contributed by atoms with Crippen LogP contribution in [0.5, 0.6) is 0 Å². The number of hydrogen-bond donors (Lipinski definition) is 2. The molecular formula is C41H70N4O8. The number of hydroxylamine groups is 4. The zero-order chi connectivity index (χ0) is 39.8. The van der Waals surface area contributed by atoms with Crippen molar-refractivity contribution in [2.24, 2.45) is 11.8 Å². The van der Waals surface area contributed by atoms with Crippen molar-refractivity contribution in [1.82, 2.24) is 20.8 Å². The van der Waals surface area contributed by atoms with Gasteiger partial charge in [0, 0.05) is 66.5 Å². The number of carbonyl (C=O) groups excluding carboxylic acids is 4. The maximum absolute atomic E-state index is 13.4. The molecule has 0 saturated carbocycles. The standard InChI is InChI=1S/C41H70N4O8/c1-13-34(46)50-32-26-38(9,15-3)44-41(12,29(32)6)23-21-22-39(10)27-33(51-35(47)14-2)28(5)40(11,16-4)45(39)53-31(8)37(49)43-25-20-18-17-19-24-42-36(48)30(7)52-44/h13-14,28-33H,1-2,15-27H2,3-12H3,(H,42,48)(H,43,49). The number of nitrogens with one attached hydrogen (secondary N) is 2. The molecule has 2 N–H and O–H groups in total. The molecule has 0 spiro atoms. The number of piperidine rings is 2. The first-order chi connectivity index (χ1) is 24.8. The third kappa shape index (κ3) is 10.1. The first kappa shape index (κ1) is 44.6. The highest BCUT2D eigenvalue weighted by Gasteiger charge is 2.58. The molecule has 302 valence electrons. The molecule has 0 aromatic carbocycles. The molecule has 3 fully saturated rings. The third-order valence-corrected chi connectivity index (χ3v) is 13.0. The second-order valence-corrected chi connectivity index (χ2v) is 16.7. The van der Waals surface area contributed by atoms with Crippen LogP contribution in [0.2, 0.25) is 0 Å². The molecule has 0 aromatic heterocycles. The zero-order valence-corrected chi connectivity index (χ0v) is 34.4. The van der Waals surface area contributed by atoms with Gasteiger partial charge in [-0.1, -0.05) is 53.7 Å². The van der Waals surface area contributed by atoms with Crippen molar-refractivity contribution in [1.29, 1.82) is 0 Å². The Bertz CT molecular complexity index is 1310. The van der Waals surface area contributed by atoms with Gasteiger partial charge in [-0.15, -0.1) is 0 Å². The van der Waals surface area contributed by atoms with Gasteiger partial charge in [-0.2, -0.15) is 10.1 Å². The van der Waals surface area contributed by atoms with Crippen molar-refractivity contribution in [3.05, 3.63) is 25.3 Å². The lowest BCUT2D eigenvalue weighted by atomic mass is 9.66. The van der Waals surface area contributed by atoms with Gasteiger partial charge >= 0.3 is 11.9 Å². The van der Waals surface area contributed by atoms with Gasteiger partial charge in [-0.05, 0) is 86.5 Å². The summed E-state index contributed by atoms with van der Waals surface area (Å²) in [7, 11) is 0. The van der Waals surface area contributed by atoms with Crippen LogP contribution in [0.15, 0.2) is 25.3 Å². The Labute approximate surface area is 319 Å². The zero-order valence-electron chi connectivity index (χ0n) is 34.4. The van der Waals surface area contributed by atoms with Crippen LogP contribution in [0, 0.1) is 11.8 Å². The van der Waals surface area contributed by atoms with E-state index in [4.69, 9.17) is 19.1 Å². The summed E-state index contributed by atoms with van der Waals surface area (Å²) in [6, 6.07) is 0. The fourth-order valence-corrected chi connectivity index (χ4v) is 8.81. The van der Waals surface area contributed by atoms with Gasteiger partial charge in [-0.3, -0.25) is 19.3 Å². The maximum Gasteiger partial charge on any atom is 0.330 e. The molecule has 0 bridgehead atoms. The summed E-state index contributed by atoms with van der Waals surface area (Å²) in [5.41, 5.74) is -2.49. The fourth-order valence-electron chi connectivity index (χ4n) is 8.81. The summed E-state index contributed by atoms with van der Waals surface area (Å²) in [5.74, 6) is -1.60. The minimum atomic E-state index is -0.754. The number of fused-ring (bicyclic) bond motifs is 2. The normalized spacial score (nSPS) is 39.1. The number of amides is 2. The largest absolute Gasteiger partial charge is 0.459 e. The SMILES string of the molecule is C=CC(=O)OC1CC2(C)CCCC3(C)C(C)C(OC(=O)C=C)CC(C)(CC)N3OC(C)C(=O)NCCCCCCNC(=O)C(C)ON2C(C)(CC)C1C. The van der Waals surface area contributed by atoms with E-state index >= 15 is 0 Å². The Morgan fingerprint density at radius 1 is 0.736 bits per heavy atom. The molecule has 12 nitrogen and oxygen atoms in total. The van der Waals surface area contributed by atoms with E-state index in [-0.39, 0.29) is 23.7 Å². The highest BCUT2D eigenvalue weighted by molar-refractivity contribution is 5.82. The van der Waals surface area contributed by atoms with E-state index in [0.29, 0.717) is 58.0 Å². The van der Waals surface area contributed by atoms with Gasteiger partial charge in [0.1, 0.15) is 12.2 Å². The second kappa shape index (κ2) is 18.7. The number of carbonyl (C=O) groups is 4. The van der Waals surface area contributed by atoms with Crippen molar-refractivity contribution < 1.29 is 38.3 Å². The molecule has 0 aliphatic carbocycles. The predicted molar refractivity (Wildman–Crippen MR) is 205 cm³/mol. The summed E-state index contributed by atoms with van der Waals surface area (Å²) in [6.45, 7) is 28.7. The topological polar surface area (TPSA) is 136 Å². The fraction of sp³-hybridized carbons (Fsp3) is 0.805. The molecule has 3 saturated heterocycles. The average Bonchev–Trinajstić information content (AvgIpc) is 3.13. The molecule has 10 unspecified atom stereocenters. The molecule has 3 aliphatic rings. The Balaban J connectivity index is 2.11. The Morgan fingerprint density at radius 3 is 1.70 bits per heavy atom. The minimum absolute atomic E-state index is 0.118. The van der Waals surface area contributed by atoms with E-state index in [1.54, 1.807) is 13.8 Å². The average molecular weight is 747 g/mol. The van der Waals surface area contributed by atoms with Gasteiger partial charge in [0.15, 0.2) is 12.2 Å².